The molecule has 5 nitrogen and oxygen atoms in total. The molecule has 1 aromatic carbocycles. The third-order valence-electron chi connectivity index (χ3n) is 3.30. The van der Waals surface area contributed by atoms with E-state index in [0.717, 1.165) is 11.1 Å². The summed E-state index contributed by atoms with van der Waals surface area (Å²) in [6.07, 6.45) is 3.55. The first-order chi connectivity index (χ1) is 10.0. The average molecular weight is 343 g/mol. The molecule has 7 heteroatoms. The Hall–Kier alpha value is -1.56. The number of nitrogens with one attached hydrogen (secondary N) is 1. The molecule has 0 saturated carbocycles. The van der Waals surface area contributed by atoms with E-state index in [2.05, 4.69) is 10.4 Å². The molecule has 2 aromatic rings. The summed E-state index contributed by atoms with van der Waals surface area (Å²) in [4.78, 5) is 14.2. The van der Waals surface area contributed by atoms with E-state index >= 15 is 0 Å². The van der Waals surface area contributed by atoms with Gasteiger partial charge in [-0.1, -0.05) is 23.7 Å². The monoisotopic (exact) mass is 342 g/mol. The fraction of sp³-hybridized carbons (Fsp3) is 0.333. The summed E-state index contributed by atoms with van der Waals surface area (Å²) in [5.41, 5.74) is 1.89. The average Bonchev–Trinajstić information content (AvgIpc) is 2.88. The van der Waals surface area contributed by atoms with Gasteiger partial charge in [-0.15, -0.1) is 12.4 Å². The number of hydrogen-bond donors (Lipinski definition) is 1. The molecule has 1 amide bonds. The second kappa shape index (κ2) is 8.17. The molecular weight excluding hydrogens is 323 g/mol. The Morgan fingerprint density at radius 3 is 2.55 bits per heavy atom. The molecule has 1 N–H and O–H groups in total. The van der Waals surface area contributed by atoms with Crippen LogP contribution in [-0.4, -0.2) is 34.7 Å². The van der Waals surface area contributed by atoms with Gasteiger partial charge in [-0.25, -0.2) is 0 Å². The maximum atomic E-state index is 12.6. The molecule has 0 aliphatic rings. The van der Waals surface area contributed by atoms with Crippen LogP contribution in [0.5, 0.6) is 0 Å². The van der Waals surface area contributed by atoms with Crippen molar-refractivity contribution >= 4 is 29.9 Å². The molecule has 1 unspecified atom stereocenters. The summed E-state index contributed by atoms with van der Waals surface area (Å²) in [6.45, 7) is 0.536. The van der Waals surface area contributed by atoms with Gasteiger partial charge < -0.3 is 10.2 Å². The highest BCUT2D eigenvalue weighted by molar-refractivity contribution is 6.30. The van der Waals surface area contributed by atoms with Crippen LogP contribution in [0.4, 0.5) is 0 Å². The Bertz CT molecular complexity index is 612. The number of likely N-dealkylation sites (N-methyl/N-ethyl adjacent to an activating group) is 2. The minimum Gasteiger partial charge on any atom is -0.340 e. The quantitative estimate of drug-likeness (QED) is 0.907. The van der Waals surface area contributed by atoms with E-state index in [1.807, 2.05) is 37.5 Å². The highest BCUT2D eigenvalue weighted by atomic mass is 35.5. The molecule has 0 aliphatic carbocycles. The zero-order valence-corrected chi connectivity index (χ0v) is 14.4. The number of aromatic nitrogens is 2. The summed E-state index contributed by atoms with van der Waals surface area (Å²) in [7, 11) is 5.39. The molecule has 0 radical (unpaired) electrons. The largest absolute Gasteiger partial charge is 0.340 e. The van der Waals surface area contributed by atoms with E-state index < -0.39 is 6.04 Å². The fourth-order valence-electron chi connectivity index (χ4n) is 2.18. The van der Waals surface area contributed by atoms with E-state index in [0.29, 0.717) is 11.6 Å². The predicted molar refractivity (Wildman–Crippen MR) is 90.2 cm³/mol. The summed E-state index contributed by atoms with van der Waals surface area (Å²) >= 11 is 5.87. The molecule has 1 aromatic heterocycles. The normalized spacial score (nSPS) is 11.6. The molecule has 0 aliphatic heterocycles. The van der Waals surface area contributed by atoms with Gasteiger partial charge in [0.2, 0.25) is 5.91 Å². The molecule has 22 heavy (non-hydrogen) atoms. The first kappa shape index (κ1) is 18.5. The third-order valence-corrected chi connectivity index (χ3v) is 3.56. The van der Waals surface area contributed by atoms with Gasteiger partial charge in [-0.05, 0) is 24.7 Å². The van der Waals surface area contributed by atoms with Crippen LogP contribution in [0.3, 0.4) is 0 Å². The number of carbonyl (C=O) groups excluding carboxylic acids is 1. The van der Waals surface area contributed by atoms with Crippen molar-refractivity contribution in [1.29, 1.82) is 0 Å². The van der Waals surface area contributed by atoms with Crippen molar-refractivity contribution in [3.8, 4) is 0 Å². The van der Waals surface area contributed by atoms with E-state index in [4.69, 9.17) is 11.6 Å². The van der Waals surface area contributed by atoms with E-state index in [1.54, 1.807) is 29.9 Å². The summed E-state index contributed by atoms with van der Waals surface area (Å²) in [5, 5.41) is 7.84. The van der Waals surface area contributed by atoms with Gasteiger partial charge in [0, 0.05) is 37.4 Å². The van der Waals surface area contributed by atoms with E-state index in [-0.39, 0.29) is 18.3 Å². The van der Waals surface area contributed by atoms with Crippen molar-refractivity contribution < 1.29 is 4.79 Å². The Morgan fingerprint density at radius 2 is 2.05 bits per heavy atom. The summed E-state index contributed by atoms with van der Waals surface area (Å²) in [5.74, 6) is 0.000417. The van der Waals surface area contributed by atoms with Crippen molar-refractivity contribution in [2.75, 3.05) is 14.1 Å². The number of benzene rings is 1. The van der Waals surface area contributed by atoms with Crippen LogP contribution < -0.4 is 5.32 Å². The fourth-order valence-corrected chi connectivity index (χ4v) is 2.31. The van der Waals surface area contributed by atoms with Crippen molar-refractivity contribution in [3.63, 3.8) is 0 Å². The Balaban J connectivity index is 0.00000242. The van der Waals surface area contributed by atoms with Gasteiger partial charge in [0.05, 0.1) is 6.20 Å². The topological polar surface area (TPSA) is 50.2 Å². The minimum absolute atomic E-state index is 0. The van der Waals surface area contributed by atoms with Gasteiger partial charge in [-0.2, -0.15) is 5.10 Å². The number of carbonyl (C=O) groups is 1. The van der Waals surface area contributed by atoms with Crippen molar-refractivity contribution in [3.05, 3.63) is 52.8 Å². The smallest absolute Gasteiger partial charge is 0.244 e. The maximum Gasteiger partial charge on any atom is 0.244 e. The molecule has 0 saturated heterocycles. The van der Waals surface area contributed by atoms with E-state index in [1.165, 1.54) is 0 Å². The number of hydrogen-bond acceptors (Lipinski definition) is 3. The van der Waals surface area contributed by atoms with Crippen LogP contribution in [0.1, 0.15) is 17.2 Å². The first-order valence-electron chi connectivity index (χ1n) is 6.66. The lowest BCUT2D eigenvalue weighted by Crippen LogP contribution is -2.37. The summed E-state index contributed by atoms with van der Waals surface area (Å²) < 4.78 is 1.69. The molecule has 0 fully saturated rings. The third kappa shape index (κ3) is 4.47. The van der Waals surface area contributed by atoms with Crippen molar-refractivity contribution in [2.45, 2.75) is 12.6 Å². The molecule has 1 heterocycles. The maximum absolute atomic E-state index is 12.6. The Morgan fingerprint density at radius 1 is 1.41 bits per heavy atom. The van der Waals surface area contributed by atoms with Gasteiger partial charge in [0.15, 0.2) is 0 Å². The van der Waals surface area contributed by atoms with Gasteiger partial charge >= 0.3 is 0 Å². The SMILES string of the molecule is CNC(C(=O)N(C)Cc1ccc(Cl)cc1)c1cnn(C)c1.Cl. The van der Waals surface area contributed by atoms with Crippen LogP contribution in [0.15, 0.2) is 36.7 Å². The van der Waals surface area contributed by atoms with Crippen LogP contribution >= 0.6 is 24.0 Å². The second-order valence-corrected chi connectivity index (χ2v) is 5.43. The molecule has 0 spiro atoms. The predicted octanol–water partition coefficient (Wildman–Crippen LogP) is 2.41. The zero-order valence-electron chi connectivity index (χ0n) is 12.8. The van der Waals surface area contributed by atoms with Crippen LogP contribution in [0, 0.1) is 0 Å². The lowest BCUT2D eigenvalue weighted by Gasteiger charge is -2.23. The molecular formula is C15H20Cl2N4O. The zero-order chi connectivity index (χ0) is 15.4. The van der Waals surface area contributed by atoms with Gasteiger partial charge in [-0.3, -0.25) is 9.48 Å². The number of nitrogens with zero attached hydrogens (tertiary/aromatic N) is 3. The van der Waals surface area contributed by atoms with E-state index in [9.17, 15) is 4.79 Å². The second-order valence-electron chi connectivity index (χ2n) is 4.99. The van der Waals surface area contributed by atoms with Crippen molar-refractivity contribution in [2.24, 2.45) is 7.05 Å². The lowest BCUT2D eigenvalue weighted by atomic mass is 10.1. The minimum atomic E-state index is -0.393. The number of rotatable bonds is 5. The highest BCUT2D eigenvalue weighted by Gasteiger charge is 2.23. The summed E-state index contributed by atoms with van der Waals surface area (Å²) in [6, 6.07) is 7.10. The standard InChI is InChI=1S/C15H19ClN4O.ClH/c1-17-14(12-8-18-20(3)10-12)15(21)19(2)9-11-4-6-13(16)7-5-11;/h4-8,10,14,17H,9H2,1-3H3;1H. The molecule has 2 rings (SSSR count). The molecule has 1 atom stereocenters. The number of halogens is 2. The number of amides is 1. The molecule has 120 valence electrons. The Kier molecular flexibility index (Phi) is 6.87. The lowest BCUT2D eigenvalue weighted by molar-refractivity contribution is -0.132. The van der Waals surface area contributed by atoms with Gasteiger partial charge in [0.1, 0.15) is 6.04 Å². The molecule has 0 bridgehead atoms. The van der Waals surface area contributed by atoms with Crippen LogP contribution in [0.25, 0.3) is 0 Å². The highest BCUT2D eigenvalue weighted by Crippen LogP contribution is 2.16. The number of aryl methyl sites for hydroxylation is 1. The first-order valence-corrected chi connectivity index (χ1v) is 7.04. The Labute approximate surface area is 141 Å². The van der Waals surface area contributed by atoms with Crippen LogP contribution in [0.2, 0.25) is 5.02 Å². The van der Waals surface area contributed by atoms with Gasteiger partial charge in [0.25, 0.3) is 0 Å². The van der Waals surface area contributed by atoms with Crippen LogP contribution in [-0.2, 0) is 18.4 Å². The van der Waals surface area contributed by atoms with Crippen molar-refractivity contribution in [1.82, 2.24) is 20.0 Å².